The molecule has 2 aromatic carbocycles. The predicted molar refractivity (Wildman–Crippen MR) is 141 cm³/mol. The number of aliphatic imine (C=N–C) groups is 1. The summed E-state index contributed by atoms with van der Waals surface area (Å²) < 4.78 is 7.49. The van der Waals surface area contributed by atoms with E-state index in [1.807, 2.05) is 43.4 Å². The fourth-order valence-electron chi connectivity index (χ4n) is 3.10. The average Bonchev–Trinajstić information content (AvgIpc) is 2.80. The van der Waals surface area contributed by atoms with Crippen LogP contribution in [0.1, 0.15) is 18.1 Å². The topological polar surface area (TPSA) is 58.9 Å². The third-order valence-electron chi connectivity index (χ3n) is 4.82. The summed E-state index contributed by atoms with van der Waals surface area (Å²) in [6.45, 7) is 5.31. The van der Waals surface area contributed by atoms with Crippen LogP contribution in [0, 0.1) is 0 Å². The van der Waals surface area contributed by atoms with E-state index in [4.69, 9.17) is 9.73 Å². The largest absolute Gasteiger partial charge is 0.492 e. The molecular formula is C25H31IN4O2. The number of halogens is 1. The molecule has 0 fully saturated rings. The SMILES string of the molecule is CCNC(=NCc1ccc(Cn2ccccc2=O)cc1)N(C)CCOc1ccccc1.I. The quantitative estimate of drug-likeness (QED) is 0.251. The van der Waals surface area contributed by atoms with Crippen LogP contribution in [0.4, 0.5) is 0 Å². The summed E-state index contributed by atoms with van der Waals surface area (Å²) in [7, 11) is 2.01. The molecule has 0 saturated carbocycles. The third kappa shape index (κ3) is 8.03. The van der Waals surface area contributed by atoms with Gasteiger partial charge in [0.2, 0.25) is 0 Å². The van der Waals surface area contributed by atoms with Crippen LogP contribution >= 0.6 is 24.0 Å². The van der Waals surface area contributed by atoms with Gasteiger partial charge >= 0.3 is 0 Å². The second-order valence-corrected chi connectivity index (χ2v) is 7.24. The fourth-order valence-corrected chi connectivity index (χ4v) is 3.10. The first kappa shape index (κ1) is 25.5. The van der Waals surface area contributed by atoms with Crippen molar-refractivity contribution in [2.45, 2.75) is 20.0 Å². The smallest absolute Gasteiger partial charge is 0.250 e. The summed E-state index contributed by atoms with van der Waals surface area (Å²) in [5.41, 5.74) is 2.21. The van der Waals surface area contributed by atoms with E-state index in [0.717, 1.165) is 35.9 Å². The molecular weight excluding hydrogens is 515 g/mol. The van der Waals surface area contributed by atoms with Gasteiger partial charge in [-0.05, 0) is 36.2 Å². The van der Waals surface area contributed by atoms with Crippen LogP contribution in [0.3, 0.4) is 0 Å². The Hall–Kier alpha value is -2.81. The zero-order chi connectivity index (χ0) is 21.9. The maximum atomic E-state index is 11.9. The molecule has 0 aliphatic heterocycles. The molecule has 1 heterocycles. The number of likely N-dealkylation sites (N-methyl/N-ethyl adjacent to an activating group) is 1. The Morgan fingerprint density at radius 1 is 1.00 bits per heavy atom. The van der Waals surface area contributed by atoms with Crippen molar-refractivity contribution in [3.8, 4) is 5.75 Å². The van der Waals surface area contributed by atoms with Crippen molar-refractivity contribution in [3.05, 3.63) is 100 Å². The number of nitrogens with zero attached hydrogens (tertiary/aromatic N) is 3. The van der Waals surface area contributed by atoms with Gasteiger partial charge < -0.3 is 19.5 Å². The lowest BCUT2D eigenvalue weighted by atomic mass is 10.1. The number of hydrogen-bond acceptors (Lipinski definition) is 3. The molecule has 0 saturated heterocycles. The van der Waals surface area contributed by atoms with Crippen molar-refractivity contribution in [1.29, 1.82) is 0 Å². The number of guanidine groups is 1. The van der Waals surface area contributed by atoms with Crippen LogP contribution in [0.2, 0.25) is 0 Å². The van der Waals surface area contributed by atoms with Crippen LogP contribution < -0.4 is 15.6 Å². The highest BCUT2D eigenvalue weighted by Gasteiger charge is 2.06. The number of aromatic nitrogens is 1. The average molecular weight is 546 g/mol. The highest BCUT2D eigenvalue weighted by molar-refractivity contribution is 14.0. The summed E-state index contributed by atoms with van der Waals surface area (Å²) in [6, 6.07) is 23.2. The van der Waals surface area contributed by atoms with E-state index in [-0.39, 0.29) is 29.5 Å². The highest BCUT2D eigenvalue weighted by atomic mass is 127. The first-order valence-electron chi connectivity index (χ1n) is 10.6. The molecule has 0 amide bonds. The number of ether oxygens (including phenoxy) is 1. The van der Waals surface area contributed by atoms with Gasteiger partial charge in [-0.15, -0.1) is 24.0 Å². The molecule has 1 aromatic heterocycles. The lowest BCUT2D eigenvalue weighted by Crippen LogP contribution is -2.40. The number of pyridine rings is 1. The van der Waals surface area contributed by atoms with Gasteiger partial charge in [0.05, 0.1) is 19.6 Å². The molecule has 32 heavy (non-hydrogen) atoms. The van der Waals surface area contributed by atoms with Crippen molar-refractivity contribution >= 4 is 29.9 Å². The molecule has 3 aromatic rings. The Labute approximate surface area is 207 Å². The third-order valence-corrected chi connectivity index (χ3v) is 4.82. The summed E-state index contributed by atoms with van der Waals surface area (Å²) in [4.78, 5) is 18.7. The molecule has 0 aliphatic rings. The van der Waals surface area contributed by atoms with E-state index >= 15 is 0 Å². The number of nitrogens with one attached hydrogen (secondary N) is 1. The Balaban J connectivity index is 0.00000363. The molecule has 0 aliphatic carbocycles. The van der Waals surface area contributed by atoms with Crippen LogP contribution in [-0.4, -0.2) is 42.2 Å². The van der Waals surface area contributed by atoms with Gasteiger partial charge in [-0.1, -0.05) is 48.5 Å². The molecule has 0 spiro atoms. The normalized spacial score (nSPS) is 10.9. The van der Waals surface area contributed by atoms with E-state index in [1.54, 1.807) is 22.9 Å². The molecule has 0 bridgehead atoms. The standard InChI is InChI=1S/C25H30N4O2.HI/c1-3-26-25(28(2)17-18-31-23-9-5-4-6-10-23)27-19-21-12-14-22(15-13-21)20-29-16-8-7-11-24(29)30;/h4-16H,3,17-20H2,1-2H3,(H,26,27);1H. The van der Waals surface area contributed by atoms with E-state index in [1.165, 1.54) is 0 Å². The summed E-state index contributed by atoms with van der Waals surface area (Å²) in [5.74, 6) is 1.72. The zero-order valence-corrected chi connectivity index (χ0v) is 20.9. The lowest BCUT2D eigenvalue weighted by Gasteiger charge is -2.22. The number of para-hydroxylation sites is 1. The Morgan fingerprint density at radius 3 is 2.38 bits per heavy atom. The number of hydrogen-bond donors (Lipinski definition) is 1. The molecule has 1 N–H and O–H groups in total. The Bertz CT molecular complexity index is 1020. The van der Waals surface area contributed by atoms with E-state index in [0.29, 0.717) is 19.7 Å². The number of rotatable bonds is 9. The summed E-state index contributed by atoms with van der Waals surface area (Å²) in [5, 5.41) is 3.33. The maximum Gasteiger partial charge on any atom is 0.250 e. The zero-order valence-electron chi connectivity index (χ0n) is 18.6. The minimum Gasteiger partial charge on any atom is -0.492 e. The summed E-state index contributed by atoms with van der Waals surface area (Å²) in [6.07, 6.45) is 1.81. The van der Waals surface area contributed by atoms with E-state index < -0.39 is 0 Å². The van der Waals surface area contributed by atoms with Gasteiger partial charge in [0.25, 0.3) is 5.56 Å². The first-order chi connectivity index (χ1) is 15.2. The second-order valence-electron chi connectivity index (χ2n) is 7.24. The van der Waals surface area contributed by atoms with Crippen molar-refractivity contribution in [2.24, 2.45) is 4.99 Å². The first-order valence-corrected chi connectivity index (χ1v) is 10.6. The second kappa shape index (κ2) is 13.6. The van der Waals surface area contributed by atoms with Crippen LogP contribution in [0.25, 0.3) is 0 Å². The Kier molecular flexibility index (Phi) is 10.8. The van der Waals surface area contributed by atoms with Crippen molar-refractivity contribution in [2.75, 3.05) is 26.7 Å². The lowest BCUT2D eigenvalue weighted by molar-refractivity contribution is 0.281. The molecule has 6 nitrogen and oxygen atoms in total. The van der Waals surface area contributed by atoms with Crippen molar-refractivity contribution in [3.63, 3.8) is 0 Å². The van der Waals surface area contributed by atoms with Gasteiger partial charge in [0, 0.05) is 25.9 Å². The molecule has 0 radical (unpaired) electrons. The van der Waals surface area contributed by atoms with Gasteiger partial charge in [0.1, 0.15) is 12.4 Å². The van der Waals surface area contributed by atoms with Gasteiger partial charge in [-0.2, -0.15) is 0 Å². The minimum atomic E-state index is 0. The number of benzene rings is 2. The Morgan fingerprint density at radius 2 is 1.69 bits per heavy atom. The van der Waals surface area contributed by atoms with Crippen LogP contribution in [0.5, 0.6) is 5.75 Å². The molecule has 7 heteroatoms. The minimum absolute atomic E-state index is 0. The van der Waals surface area contributed by atoms with Crippen molar-refractivity contribution < 1.29 is 4.74 Å². The maximum absolute atomic E-state index is 11.9. The monoisotopic (exact) mass is 546 g/mol. The van der Waals surface area contributed by atoms with Gasteiger partial charge in [-0.25, -0.2) is 4.99 Å². The fraction of sp³-hybridized carbons (Fsp3) is 0.280. The predicted octanol–water partition coefficient (Wildman–Crippen LogP) is 3.99. The molecule has 170 valence electrons. The summed E-state index contributed by atoms with van der Waals surface area (Å²) >= 11 is 0. The van der Waals surface area contributed by atoms with E-state index in [9.17, 15) is 4.79 Å². The van der Waals surface area contributed by atoms with Crippen LogP contribution in [0.15, 0.2) is 88.8 Å². The molecule has 3 rings (SSSR count). The molecule has 0 atom stereocenters. The highest BCUT2D eigenvalue weighted by Crippen LogP contribution is 2.09. The van der Waals surface area contributed by atoms with Crippen LogP contribution in [-0.2, 0) is 13.1 Å². The van der Waals surface area contributed by atoms with Crippen molar-refractivity contribution in [1.82, 2.24) is 14.8 Å². The van der Waals surface area contributed by atoms with E-state index in [2.05, 4.69) is 41.4 Å². The van der Waals surface area contributed by atoms with Gasteiger partial charge in [-0.3, -0.25) is 4.79 Å². The molecule has 0 unspecified atom stereocenters. The van der Waals surface area contributed by atoms with Gasteiger partial charge in [0.15, 0.2) is 5.96 Å².